The van der Waals surface area contributed by atoms with E-state index in [1.54, 1.807) is 47.4 Å². The van der Waals surface area contributed by atoms with E-state index in [9.17, 15) is 14.4 Å². The molecule has 8 heteroatoms. The number of benzene rings is 2. The minimum absolute atomic E-state index is 0.0544. The summed E-state index contributed by atoms with van der Waals surface area (Å²) in [5.74, 6) is -1.18. The number of amides is 2. The lowest BCUT2D eigenvalue weighted by atomic mass is 10.1. The molecule has 2 aromatic carbocycles. The summed E-state index contributed by atoms with van der Waals surface area (Å²) in [6.45, 7) is 1.42. The first-order chi connectivity index (χ1) is 15.0. The number of carbonyl (C=O) groups excluding carboxylic acids is 2. The molecule has 2 amide bonds. The highest BCUT2D eigenvalue weighted by atomic mass is 16.5. The van der Waals surface area contributed by atoms with Crippen LogP contribution in [0.25, 0.3) is 0 Å². The number of nitriles is 1. The van der Waals surface area contributed by atoms with Crippen molar-refractivity contribution in [2.75, 3.05) is 19.7 Å². The summed E-state index contributed by atoms with van der Waals surface area (Å²) < 4.78 is 5.58. The van der Waals surface area contributed by atoms with E-state index in [2.05, 4.69) is 5.32 Å². The third-order valence-electron chi connectivity index (χ3n) is 4.96. The Morgan fingerprint density at radius 1 is 1.10 bits per heavy atom. The standard InChI is InChI=1S/C23H23N3O5/c24-14-16-4-3-5-20(12-16)31-15-19(13-21(27)28)25-22(29)17-6-8-18(9-7-17)23(30)26-10-1-2-11-26/h3-9,12,19H,1-2,10-11,13,15H2,(H,25,29)(H,27,28)/t19-/m1/s1. The number of likely N-dealkylation sites (tertiary alicyclic amines) is 1. The Hall–Kier alpha value is -3.86. The van der Waals surface area contributed by atoms with Gasteiger partial charge in [-0.05, 0) is 55.3 Å². The molecule has 0 spiro atoms. The molecule has 2 aromatic rings. The van der Waals surface area contributed by atoms with Crippen LogP contribution in [0.15, 0.2) is 48.5 Å². The number of carbonyl (C=O) groups is 3. The lowest BCUT2D eigenvalue weighted by Crippen LogP contribution is -2.40. The Morgan fingerprint density at radius 3 is 2.42 bits per heavy atom. The molecule has 1 aliphatic rings. The predicted molar refractivity (Wildman–Crippen MR) is 112 cm³/mol. The van der Waals surface area contributed by atoms with Crippen LogP contribution < -0.4 is 10.1 Å². The summed E-state index contributed by atoms with van der Waals surface area (Å²) in [4.78, 5) is 38.0. The van der Waals surface area contributed by atoms with Crippen molar-refractivity contribution in [2.24, 2.45) is 0 Å². The van der Waals surface area contributed by atoms with Crippen molar-refractivity contribution in [1.29, 1.82) is 5.26 Å². The van der Waals surface area contributed by atoms with Crippen molar-refractivity contribution < 1.29 is 24.2 Å². The monoisotopic (exact) mass is 421 g/mol. The molecular weight excluding hydrogens is 398 g/mol. The van der Waals surface area contributed by atoms with Gasteiger partial charge in [-0.25, -0.2) is 0 Å². The molecular formula is C23H23N3O5. The molecule has 31 heavy (non-hydrogen) atoms. The average Bonchev–Trinajstić information content (AvgIpc) is 3.32. The van der Waals surface area contributed by atoms with Crippen LogP contribution in [0.5, 0.6) is 5.75 Å². The van der Waals surface area contributed by atoms with Crippen LogP contribution in [0.2, 0.25) is 0 Å². The van der Waals surface area contributed by atoms with Gasteiger partial charge in [0, 0.05) is 24.2 Å². The highest BCUT2D eigenvalue weighted by molar-refractivity contribution is 5.98. The molecule has 0 aromatic heterocycles. The molecule has 1 aliphatic heterocycles. The van der Waals surface area contributed by atoms with Gasteiger partial charge in [0.2, 0.25) is 0 Å². The number of hydrogen-bond donors (Lipinski definition) is 2. The maximum Gasteiger partial charge on any atom is 0.305 e. The molecule has 0 radical (unpaired) electrons. The van der Waals surface area contributed by atoms with E-state index in [0.29, 0.717) is 22.4 Å². The van der Waals surface area contributed by atoms with E-state index in [1.807, 2.05) is 6.07 Å². The minimum atomic E-state index is -1.08. The second kappa shape index (κ2) is 10.3. The molecule has 1 fully saturated rings. The highest BCUT2D eigenvalue weighted by Crippen LogP contribution is 2.15. The first-order valence-electron chi connectivity index (χ1n) is 10.0. The SMILES string of the molecule is N#Cc1cccc(OC[C@@H](CC(=O)O)NC(=O)c2ccc(C(=O)N3CCCC3)cc2)c1. The topological polar surface area (TPSA) is 120 Å². The normalized spacial score (nSPS) is 13.8. The van der Waals surface area contributed by atoms with Crippen molar-refractivity contribution >= 4 is 17.8 Å². The molecule has 0 saturated carbocycles. The summed E-state index contributed by atoms with van der Waals surface area (Å²) in [5.41, 5.74) is 1.25. The molecule has 0 aliphatic carbocycles. The number of carboxylic acids is 1. The van der Waals surface area contributed by atoms with Gasteiger partial charge in [0.15, 0.2) is 0 Å². The third-order valence-corrected chi connectivity index (χ3v) is 4.96. The van der Waals surface area contributed by atoms with E-state index in [1.165, 1.54) is 6.07 Å². The van der Waals surface area contributed by atoms with Crippen LogP contribution in [0.3, 0.4) is 0 Å². The first kappa shape index (κ1) is 21.8. The lowest BCUT2D eigenvalue weighted by Gasteiger charge is -2.18. The maximum absolute atomic E-state index is 12.6. The molecule has 2 N–H and O–H groups in total. The Morgan fingerprint density at radius 2 is 1.77 bits per heavy atom. The first-order valence-corrected chi connectivity index (χ1v) is 10.0. The van der Waals surface area contributed by atoms with Gasteiger partial charge in [-0.3, -0.25) is 14.4 Å². The maximum atomic E-state index is 12.6. The quantitative estimate of drug-likeness (QED) is 0.676. The van der Waals surface area contributed by atoms with Crippen molar-refractivity contribution in [3.8, 4) is 11.8 Å². The van der Waals surface area contributed by atoms with Crippen LogP contribution in [0.1, 0.15) is 45.5 Å². The number of hydrogen-bond acceptors (Lipinski definition) is 5. The summed E-state index contributed by atoms with van der Waals surface area (Å²) in [6, 6.07) is 14.0. The Bertz CT molecular complexity index is 991. The van der Waals surface area contributed by atoms with Crippen LogP contribution in [0.4, 0.5) is 0 Å². The van der Waals surface area contributed by atoms with Gasteiger partial charge < -0.3 is 20.1 Å². The molecule has 1 atom stereocenters. The van der Waals surface area contributed by atoms with Gasteiger partial charge in [-0.1, -0.05) is 6.07 Å². The fourth-order valence-electron chi connectivity index (χ4n) is 3.35. The predicted octanol–water partition coefficient (Wildman–Crippen LogP) is 2.45. The third kappa shape index (κ3) is 6.06. The molecule has 1 saturated heterocycles. The average molecular weight is 421 g/mol. The molecule has 8 nitrogen and oxygen atoms in total. The zero-order valence-electron chi connectivity index (χ0n) is 16.9. The van der Waals surface area contributed by atoms with Crippen molar-refractivity contribution in [1.82, 2.24) is 10.2 Å². The summed E-state index contributed by atoms with van der Waals surface area (Å²) in [6.07, 6.45) is 1.68. The smallest absolute Gasteiger partial charge is 0.305 e. The van der Waals surface area contributed by atoms with Gasteiger partial charge in [0.1, 0.15) is 12.4 Å². The zero-order valence-corrected chi connectivity index (χ0v) is 16.9. The minimum Gasteiger partial charge on any atom is -0.491 e. The van der Waals surface area contributed by atoms with Gasteiger partial charge >= 0.3 is 5.97 Å². The number of ether oxygens (including phenoxy) is 1. The molecule has 0 unspecified atom stereocenters. The number of rotatable bonds is 8. The molecule has 160 valence electrons. The molecule has 3 rings (SSSR count). The Labute approximate surface area is 180 Å². The van der Waals surface area contributed by atoms with Gasteiger partial charge in [-0.15, -0.1) is 0 Å². The fraction of sp³-hybridized carbons (Fsp3) is 0.304. The van der Waals surface area contributed by atoms with E-state index in [-0.39, 0.29) is 18.9 Å². The lowest BCUT2D eigenvalue weighted by molar-refractivity contribution is -0.137. The molecule has 0 bridgehead atoms. The number of carboxylic acid groups (broad SMARTS) is 1. The van der Waals surface area contributed by atoms with Crippen LogP contribution in [-0.2, 0) is 4.79 Å². The summed E-state index contributed by atoms with van der Waals surface area (Å²) in [7, 11) is 0. The largest absolute Gasteiger partial charge is 0.491 e. The summed E-state index contributed by atoms with van der Waals surface area (Å²) in [5, 5.41) is 20.8. The van der Waals surface area contributed by atoms with Crippen molar-refractivity contribution in [3.05, 3.63) is 65.2 Å². The van der Waals surface area contributed by atoms with E-state index in [4.69, 9.17) is 15.1 Å². The van der Waals surface area contributed by atoms with Gasteiger partial charge in [-0.2, -0.15) is 5.26 Å². The number of aliphatic carboxylic acids is 1. The van der Waals surface area contributed by atoms with Crippen LogP contribution in [-0.4, -0.2) is 53.5 Å². The second-order valence-electron chi connectivity index (χ2n) is 7.30. The van der Waals surface area contributed by atoms with Crippen molar-refractivity contribution in [2.45, 2.75) is 25.3 Å². The molecule has 1 heterocycles. The Kier molecular flexibility index (Phi) is 7.22. The number of nitrogens with zero attached hydrogens (tertiary/aromatic N) is 2. The second-order valence-corrected chi connectivity index (χ2v) is 7.30. The van der Waals surface area contributed by atoms with E-state index in [0.717, 1.165) is 25.9 Å². The van der Waals surface area contributed by atoms with Crippen LogP contribution >= 0.6 is 0 Å². The highest BCUT2D eigenvalue weighted by Gasteiger charge is 2.21. The van der Waals surface area contributed by atoms with E-state index < -0.39 is 17.9 Å². The zero-order chi connectivity index (χ0) is 22.2. The van der Waals surface area contributed by atoms with Gasteiger partial charge in [0.05, 0.1) is 24.1 Å². The fourth-order valence-corrected chi connectivity index (χ4v) is 3.35. The van der Waals surface area contributed by atoms with Gasteiger partial charge in [0.25, 0.3) is 11.8 Å². The number of nitrogens with one attached hydrogen (secondary N) is 1. The van der Waals surface area contributed by atoms with E-state index >= 15 is 0 Å². The van der Waals surface area contributed by atoms with Crippen LogP contribution in [0, 0.1) is 11.3 Å². The Balaban J connectivity index is 1.62. The van der Waals surface area contributed by atoms with Crippen molar-refractivity contribution in [3.63, 3.8) is 0 Å². The summed E-state index contributed by atoms with van der Waals surface area (Å²) >= 11 is 0.